The van der Waals surface area contributed by atoms with E-state index in [9.17, 15) is 14.0 Å². The van der Waals surface area contributed by atoms with Gasteiger partial charge in [-0.2, -0.15) is 0 Å². The number of halogens is 1. The number of nitrogens with zero attached hydrogens (tertiary/aromatic N) is 2. The van der Waals surface area contributed by atoms with Gasteiger partial charge in [0, 0.05) is 14.1 Å². The van der Waals surface area contributed by atoms with Gasteiger partial charge in [-0.05, 0) is 37.6 Å². The van der Waals surface area contributed by atoms with Crippen LogP contribution < -0.4 is 10.2 Å². The molecule has 1 amide bonds. The number of thiazole rings is 1. The molecule has 0 bridgehead atoms. The molecule has 1 N–H and O–H groups in total. The maximum absolute atomic E-state index is 13.0. The highest BCUT2D eigenvalue weighted by Gasteiger charge is 2.23. The van der Waals surface area contributed by atoms with Crippen molar-refractivity contribution >= 4 is 49.2 Å². The van der Waals surface area contributed by atoms with Gasteiger partial charge in [0.05, 0.1) is 10.7 Å². The SMILES string of the molecule is CC(OC(=O)c1cc2sc(N(C)C)nc2s1)C(=O)NC(C)c1ccc(F)cc1. The number of aromatic nitrogens is 1. The molecule has 0 spiro atoms. The van der Waals surface area contributed by atoms with Gasteiger partial charge in [-0.1, -0.05) is 23.5 Å². The summed E-state index contributed by atoms with van der Waals surface area (Å²) in [6.45, 7) is 3.30. The maximum Gasteiger partial charge on any atom is 0.349 e. The fourth-order valence-corrected chi connectivity index (χ4v) is 4.47. The van der Waals surface area contributed by atoms with Gasteiger partial charge in [0.2, 0.25) is 0 Å². The molecule has 0 aliphatic heterocycles. The largest absolute Gasteiger partial charge is 0.448 e. The van der Waals surface area contributed by atoms with Crippen LogP contribution in [-0.2, 0) is 9.53 Å². The zero-order valence-corrected chi connectivity index (χ0v) is 17.5. The molecule has 28 heavy (non-hydrogen) atoms. The summed E-state index contributed by atoms with van der Waals surface area (Å²) in [7, 11) is 3.82. The van der Waals surface area contributed by atoms with Gasteiger partial charge < -0.3 is 15.0 Å². The minimum absolute atomic E-state index is 0.338. The lowest BCUT2D eigenvalue weighted by atomic mass is 10.1. The molecular formula is C19H20FN3O3S2. The van der Waals surface area contributed by atoms with Crippen LogP contribution in [0.25, 0.3) is 9.53 Å². The van der Waals surface area contributed by atoms with Crippen molar-refractivity contribution < 1.29 is 18.7 Å². The van der Waals surface area contributed by atoms with Crippen molar-refractivity contribution in [2.75, 3.05) is 19.0 Å². The second kappa shape index (κ2) is 8.24. The third-order valence-electron chi connectivity index (χ3n) is 4.04. The van der Waals surface area contributed by atoms with E-state index in [1.165, 1.54) is 41.7 Å². The number of rotatable bonds is 6. The molecule has 0 saturated heterocycles. The first-order valence-electron chi connectivity index (χ1n) is 8.59. The quantitative estimate of drug-likeness (QED) is 0.610. The summed E-state index contributed by atoms with van der Waals surface area (Å²) in [4.78, 5) is 32.2. The second-order valence-corrected chi connectivity index (χ2v) is 8.54. The first-order valence-corrected chi connectivity index (χ1v) is 10.2. The summed E-state index contributed by atoms with van der Waals surface area (Å²) in [5.74, 6) is -1.32. The topological polar surface area (TPSA) is 71.5 Å². The summed E-state index contributed by atoms with van der Waals surface area (Å²) in [6.07, 6.45) is -0.958. The van der Waals surface area contributed by atoms with Crippen LogP contribution in [0.2, 0.25) is 0 Å². The molecule has 0 fully saturated rings. The van der Waals surface area contributed by atoms with Gasteiger partial charge in [0.1, 0.15) is 15.5 Å². The lowest BCUT2D eigenvalue weighted by molar-refractivity contribution is -0.129. The Morgan fingerprint density at radius 1 is 1.18 bits per heavy atom. The summed E-state index contributed by atoms with van der Waals surface area (Å²) >= 11 is 2.73. The summed E-state index contributed by atoms with van der Waals surface area (Å²) < 4.78 is 19.2. The van der Waals surface area contributed by atoms with Crippen LogP contribution in [0, 0.1) is 5.82 Å². The lowest BCUT2D eigenvalue weighted by Gasteiger charge is -2.18. The van der Waals surface area contributed by atoms with Crippen LogP contribution in [0.1, 0.15) is 35.1 Å². The molecular weight excluding hydrogens is 401 g/mol. The van der Waals surface area contributed by atoms with Crippen molar-refractivity contribution in [3.63, 3.8) is 0 Å². The van der Waals surface area contributed by atoms with Gasteiger partial charge in [-0.15, -0.1) is 11.3 Å². The molecule has 1 aromatic carbocycles. The zero-order valence-electron chi connectivity index (χ0n) is 15.9. The van der Waals surface area contributed by atoms with Gasteiger partial charge >= 0.3 is 5.97 Å². The Morgan fingerprint density at radius 2 is 1.86 bits per heavy atom. The van der Waals surface area contributed by atoms with E-state index in [0.717, 1.165) is 20.2 Å². The molecule has 0 saturated carbocycles. The van der Waals surface area contributed by atoms with E-state index in [1.54, 1.807) is 25.1 Å². The number of esters is 1. The van der Waals surface area contributed by atoms with E-state index in [4.69, 9.17) is 4.74 Å². The summed E-state index contributed by atoms with van der Waals surface area (Å²) in [5, 5.41) is 3.63. The van der Waals surface area contributed by atoms with Crippen LogP contribution in [0.3, 0.4) is 0 Å². The van der Waals surface area contributed by atoms with Crippen molar-refractivity contribution in [3.05, 3.63) is 46.6 Å². The number of carbonyl (C=O) groups excluding carboxylic acids is 2. The Kier molecular flexibility index (Phi) is 5.95. The fraction of sp³-hybridized carbons (Fsp3) is 0.316. The highest BCUT2D eigenvalue weighted by molar-refractivity contribution is 7.29. The molecule has 148 valence electrons. The van der Waals surface area contributed by atoms with E-state index in [1.807, 2.05) is 19.0 Å². The molecule has 6 nitrogen and oxygen atoms in total. The highest BCUT2D eigenvalue weighted by Crippen LogP contribution is 2.34. The van der Waals surface area contributed by atoms with Crippen LogP contribution in [0.15, 0.2) is 30.3 Å². The average molecular weight is 422 g/mol. The highest BCUT2D eigenvalue weighted by atomic mass is 32.1. The van der Waals surface area contributed by atoms with Crippen LogP contribution in [0.4, 0.5) is 9.52 Å². The molecule has 2 atom stereocenters. The molecule has 3 rings (SSSR count). The summed E-state index contributed by atoms with van der Waals surface area (Å²) in [6, 6.07) is 7.27. The van der Waals surface area contributed by atoms with E-state index < -0.39 is 18.0 Å². The lowest BCUT2D eigenvalue weighted by Crippen LogP contribution is -2.37. The Labute approximate surface area is 170 Å². The average Bonchev–Trinajstić information content (AvgIpc) is 3.21. The first kappa shape index (κ1) is 20.2. The van der Waals surface area contributed by atoms with Crippen LogP contribution in [0.5, 0.6) is 0 Å². The number of amides is 1. The van der Waals surface area contributed by atoms with Gasteiger partial charge in [-0.25, -0.2) is 14.2 Å². The number of fused-ring (bicyclic) bond motifs is 1. The van der Waals surface area contributed by atoms with E-state index in [0.29, 0.717) is 4.88 Å². The maximum atomic E-state index is 13.0. The standard InChI is InChI=1S/C19H20FN3O3S2/c1-10(12-5-7-13(20)8-6-12)21-16(24)11(2)26-18(25)15-9-14-17(27-15)22-19(28-14)23(3)4/h5-11H,1-4H3,(H,21,24). The summed E-state index contributed by atoms with van der Waals surface area (Å²) in [5.41, 5.74) is 0.759. The van der Waals surface area contributed by atoms with E-state index >= 15 is 0 Å². The minimum Gasteiger partial charge on any atom is -0.448 e. The molecule has 0 aliphatic rings. The number of ether oxygens (including phenoxy) is 1. The predicted octanol–water partition coefficient (Wildman–Crippen LogP) is 3.99. The third kappa shape index (κ3) is 4.48. The van der Waals surface area contributed by atoms with Gasteiger partial charge in [0.15, 0.2) is 11.2 Å². The number of hydrogen-bond donors (Lipinski definition) is 1. The molecule has 2 unspecified atom stereocenters. The van der Waals surface area contributed by atoms with Crippen molar-refractivity contribution in [3.8, 4) is 0 Å². The normalized spacial score (nSPS) is 13.2. The van der Waals surface area contributed by atoms with Crippen molar-refractivity contribution in [2.24, 2.45) is 0 Å². The van der Waals surface area contributed by atoms with Crippen LogP contribution >= 0.6 is 22.7 Å². The monoisotopic (exact) mass is 421 g/mol. The third-order valence-corrected chi connectivity index (χ3v) is 6.35. The number of carbonyl (C=O) groups is 2. The number of thiophene rings is 1. The van der Waals surface area contributed by atoms with Gasteiger partial charge in [0.25, 0.3) is 5.91 Å². The Balaban J connectivity index is 1.60. The Bertz CT molecular complexity index is 966. The number of anilines is 1. The molecule has 0 radical (unpaired) electrons. The first-order chi connectivity index (χ1) is 13.2. The number of nitrogens with one attached hydrogen (secondary N) is 1. The minimum atomic E-state index is -0.958. The van der Waals surface area contributed by atoms with E-state index in [-0.39, 0.29) is 11.9 Å². The van der Waals surface area contributed by atoms with Crippen molar-refractivity contribution in [1.29, 1.82) is 0 Å². The van der Waals surface area contributed by atoms with E-state index in [2.05, 4.69) is 10.3 Å². The molecule has 0 aliphatic carbocycles. The van der Waals surface area contributed by atoms with Crippen molar-refractivity contribution in [2.45, 2.75) is 26.0 Å². The predicted molar refractivity (Wildman–Crippen MR) is 110 cm³/mol. The van der Waals surface area contributed by atoms with Crippen molar-refractivity contribution in [1.82, 2.24) is 10.3 Å². The molecule has 2 heterocycles. The second-order valence-electron chi connectivity index (χ2n) is 6.50. The Morgan fingerprint density at radius 3 is 2.46 bits per heavy atom. The molecule has 9 heteroatoms. The zero-order chi connectivity index (χ0) is 20.4. The smallest absolute Gasteiger partial charge is 0.349 e. The Hall–Kier alpha value is -2.52. The van der Waals surface area contributed by atoms with Gasteiger partial charge in [-0.3, -0.25) is 4.79 Å². The number of benzene rings is 1. The van der Waals surface area contributed by atoms with Crippen LogP contribution in [-0.4, -0.2) is 37.1 Å². The molecule has 3 aromatic rings. The fourth-order valence-electron chi connectivity index (χ4n) is 2.45. The molecule has 2 aromatic heterocycles. The number of hydrogen-bond acceptors (Lipinski definition) is 7.